The molecule has 5 heteroatoms. The number of hydrogen-bond acceptors (Lipinski definition) is 4. The Bertz CT molecular complexity index is 316. The van der Waals surface area contributed by atoms with Gasteiger partial charge in [0.15, 0.2) is 5.75 Å². The normalized spacial score (nSPS) is 24.0. The van der Waals surface area contributed by atoms with Crippen LogP contribution in [0.3, 0.4) is 0 Å². The van der Waals surface area contributed by atoms with Gasteiger partial charge in [-0.15, -0.1) is 0 Å². The molecule has 0 radical (unpaired) electrons. The van der Waals surface area contributed by atoms with Crippen molar-refractivity contribution in [3.63, 3.8) is 0 Å². The van der Waals surface area contributed by atoms with Crippen molar-refractivity contribution in [2.45, 2.75) is 25.4 Å². The molecule has 2 atom stereocenters. The summed E-state index contributed by atoms with van der Waals surface area (Å²) in [4.78, 5) is 0. The van der Waals surface area contributed by atoms with E-state index in [9.17, 15) is 5.11 Å². The second-order valence-corrected chi connectivity index (χ2v) is 3.69. The van der Waals surface area contributed by atoms with E-state index in [4.69, 9.17) is 10.5 Å². The molecule has 0 aliphatic carbocycles. The molecule has 5 nitrogen and oxygen atoms in total. The molecular formula is C9H15N3O2. The van der Waals surface area contributed by atoms with Crippen LogP contribution in [0.25, 0.3) is 0 Å². The highest BCUT2D eigenvalue weighted by Gasteiger charge is 2.21. The number of nitrogens with two attached hydrogens (primary N) is 1. The number of aromatic hydroxyl groups is 1. The minimum atomic E-state index is -0.237. The third-order valence-corrected chi connectivity index (χ3v) is 2.45. The Balaban J connectivity index is 2.22. The lowest BCUT2D eigenvalue weighted by Gasteiger charge is -2.07. The molecule has 0 bridgehead atoms. The summed E-state index contributed by atoms with van der Waals surface area (Å²) in [5.41, 5.74) is 6.21. The third kappa shape index (κ3) is 1.60. The van der Waals surface area contributed by atoms with Gasteiger partial charge in [0.2, 0.25) is 0 Å². The van der Waals surface area contributed by atoms with Gasteiger partial charge in [-0.2, -0.15) is 5.10 Å². The molecular weight excluding hydrogens is 182 g/mol. The quantitative estimate of drug-likeness (QED) is 0.727. The summed E-state index contributed by atoms with van der Waals surface area (Å²) >= 11 is 0. The van der Waals surface area contributed by atoms with E-state index in [1.807, 2.05) is 0 Å². The van der Waals surface area contributed by atoms with Gasteiger partial charge in [0.05, 0.1) is 18.8 Å². The van der Waals surface area contributed by atoms with Crippen molar-refractivity contribution in [1.82, 2.24) is 9.78 Å². The molecule has 1 aliphatic heterocycles. The first-order valence-corrected chi connectivity index (χ1v) is 4.80. The van der Waals surface area contributed by atoms with E-state index in [0.717, 1.165) is 13.0 Å². The van der Waals surface area contributed by atoms with E-state index in [1.54, 1.807) is 17.8 Å². The number of rotatable bonds is 2. The van der Waals surface area contributed by atoms with Crippen LogP contribution in [0.15, 0.2) is 6.20 Å². The fourth-order valence-electron chi connectivity index (χ4n) is 1.64. The number of aromatic nitrogens is 2. The molecule has 0 spiro atoms. The van der Waals surface area contributed by atoms with Crippen LogP contribution >= 0.6 is 0 Å². The topological polar surface area (TPSA) is 73.3 Å². The van der Waals surface area contributed by atoms with Crippen LogP contribution < -0.4 is 5.73 Å². The molecule has 1 aliphatic rings. The summed E-state index contributed by atoms with van der Waals surface area (Å²) in [5.74, 6) is 0.173. The number of hydrogen-bond donors (Lipinski definition) is 2. The van der Waals surface area contributed by atoms with Gasteiger partial charge < -0.3 is 15.6 Å². The molecule has 1 fully saturated rings. The van der Waals surface area contributed by atoms with Crippen LogP contribution in [-0.4, -0.2) is 28.1 Å². The van der Waals surface area contributed by atoms with Gasteiger partial charge in [0, 0.05) is 12.6 Å². The maximum atomic E-state index is 9.56. The Labute approximate surface area is 82.5 Å². The molecule has 3 N–H and O–H groups in total. The van der Waals surface area contributed by atoms with E-state index >= 15 is 0 Å². The van der Waals surface area contributed by atoms with Gasteiger partial charge in [-0.1, -0.05) is 0 Å². The fourth-order valence-corrected chi connectivity index (χ4v) is 1.64. The van der Waals surface area contributed by atoms with E-state index < -0.39 is 0 Å². The molecule has 1 aromatic rings. The van der Waals surface area contributed by atoms with Crippen molar-refractivity contribution in [1.29, 1.82) is 0 Å². The van der Waals surface area contributed by atoms with Crippen molar-refractivity contribution < 1.29 is 9.84 Å². The minimum absolute atomic E-state index is 0.173. The lowest BCUT2D eigenvalue weighted by molar-refractivity contribution is 0.184. The molecule has 2 heterocycles. The highest BCUT2D eigenvalue weighted by atomic mass is 16.5. The predicted molar refractivity (Wildman–Crippen MR) is 51.0 cm³/mol. The van der Waals surface area contributed by atoms with Gasteiger partial charge in [0.1, 0.15) is 5.69 Å². The summed E-state index contributed by atoms with van der Waals surface area (Å²) in [5, 5.41) is 13.8. The minimum Gasteiger partial charge on any atom is -0.504 e. The number of ether oxygens (including phenoxy) is 1. The van der Waals surface area contributed by atoms with Crippen LogP contribution in [0.4, 0.5) is 0 Å². The highest BCUT2D eigenvalue weighted by Crippen LogP contribution is 2.25. The smallest absolute Gasteiger partial charge is 0.158 e. The highest BCUT2D eigenvalue weighted by molar-refractivity contribution is 5.25. The summed E-state index contributed by atoms with van der Waals surface area (Å²) in [6.07, 6.45) is 2.57. The van der Waals surface area contributed by atoms with Crippen LogP contribution in [0, 0.1) is 0 Å². The first-order valence-electron chi connectivity index (χ1n) is 4.80. The zero-order valence-electron chi connectivity index (χ0n) is 8.18. The maximum Gasteiger partial charge on any atom is 0.158 e. The van der Waals surface area contributed by atoms with E-state index in [0.29, 0.717) is 12.3 Å². The van der Waals surface area contributed by atoms with Gasteiger partial charge in [-0.3, -0.25) is 4.68 Å². The van der Waals surface area contributed by atoms with Crippen molar-refractivity contribution in [2.75, 3.05) is 13.2 Å². The first kappa shape index (κ1) is 9.48. The Kier molecular flexibility index (Phi) is 2.43. The van der Waals surface area contributed by atoms with Gasteiger partial charge in [-0.25, -0.2) is 0 Å². The Morgan fingerprint density at radius 3 is 3.07 bits per heavy atom. The van der Waals surface area contributed by atoms with E-state index in [1.165, 1.54) is 0 Å². The Morgan fingerprint density at radius 1 is 1.79 bits per heavy atom. The lowest BCUT2D eigenvalue weighted by Crippen LogP contribution is -2.11. The molecule has 0 amide bonds. The van der Waals surface area contributed by atoms with Crippen LogP contribution in [0.1, 0.15) is 31.1 Å². The zero-order chi connectivity index (χ0) is 10.1. The molecule has 0 saturated carbocycles. The van der Waals surface area contributed by atoms with Gasteiger partial charge in [-0.05, 0) is 13.3 Å². The fraction of sp³-hybridized carbons (Fsp3) is 0.667. The van der Waals surface area contributed by atoms with Crippen molar-refractivity contribution in [2.24, 2.45) is 5.73 Å². The standard InChI is InChI=1S/C9H15N3O2/c1-6(10)9-8(13)4-12(11-9)7-2-3-14-5-7/h4,6-7,13H,2-3,5,10H2,1H3. The molecule has 14 heavy (non-hydrogen) atoms. The molecule has 0 aromatic carbocycles. The third-order valence-electron chi connectivity index (χ3n) is 2.45. The average molecular weight is 197 g/mol. The molecule has 1 saturated heterocycles. The SMILES string of the molecule is CC(N)c1nn(C2CCOC2)cc1O. The Hall–Kier alpha value is -1.07. The van der Waals surface area contributed by atoms with Gasteiger partial charge in [0.25, 0.3) is 0 Å². The second-order valence-electron chi connectivity index (χ2n) is 3.69. The first-order chi connectivity index (χ1) is 6.68. The van der Waals surface area contributed by atoms with Crippen molar-refractivity contribution in [3.8, 4) is 5.75 Å². The average Bonchev–Trinajstić information content (AvgIpc) is 2.70. The monoisotopic (exact) mass is 197 g/mol. The van der Waals surface area contributed by atoms with E-state index in [2.05, 4.69) is 5.10 Å². The number of nitrogens with zero attached hydrogens (tertiary/aromatic N) is 2. The molecule has 78 valence electrons. The lowest BCUT2D eigenvalue weighted by atomic mass is 10.2. The Morgan fingerprint density at radius 2 is 2.57 bits per heavy atom. The predicted octanol–water partition coefficient (Wildman–Crippen LogP) is 0.570. The van der Waals surface area contributed by atoms with E-state index in [-0.39, 0.29) is 17.8 Å². The van der Waals surface area contributed by atoms with Crippen molar-refractivity contribution in [3.05, 3.63) is 11.9 Å². The second kappa shape index (κ2) is 3.59. The summed E-state index contributed by atoms with van der Waals surface area (Å²) in [7, 11) is 0. The van der Waals surface area contributed by atoms with Crippen LogP contribution in [-0.2, 0) is 4.74 Å². The van der Waals surface area contributed by atoms with Crippen molar-refractivity contribution >= 4 is 0 Å². The molecule has 1 aromatic heterocycles. The summed E-state index contributed by atoms with van der Waals surface area (Å²) in [6, 6.07) is 0.00646. The maximum absolute atomic E-state index is 9.56. The summed E-state index contributed by atoms with van der Waals surface area (Å²) < 4.78 is 7.00. The van der Waals surface area contributed by atoms with Crippen LogP contribution in [0.5, 0.6) is 5.75 Å². The van der Waals surface area contributed by atoms with Gasteiger partial charge >= 0.3 is 0 Å². The summed E-state index contributed by atoms with van der Waals surface area (Å²) in [6.45, 7) is 3.23. The zero-order valence-corrected chi connectivity index (χ0v) is 8.18. The van der Waals surface area contributed by atoms with Crippen LogP contribution in [0.2, 0.25) is 0 Å². The molecule has 2 unspecified atom stereocenters. The molecule has 2 rings (SSSR count). The largest absolute Gasteiger partial charge is 0.504 e.